The average Bonchev–Trinajstić information content (AvgIpc) is 2.17. The van der Waals surface area contributed by atoms with Crippen LogP contribution < -0.4 is 5.32 Å². The number of sulfone groups is 1. The van der Waals surface area contributed by atoms with Crippen molar-refractivity contribution in [2.45, 2.75) is 6.42 Å². The number of hydrogen-bond donors (Lipinski definition) is 1. The minimum Gasteiger partial charge on any atom is -0.383 e. The molecule has 6 heteroatoms. The van der Waals surface area contributed by atoms with Gasteiger partial charge in [-0.05, 0) is 18.6 Å². The first-order valence-electron chi connectivity index (χ1n) is 4.76. The van der Waals surface area contributed by atoms with E-state index in [1.165, 1.54) is 12.1 Å². The molecule has 0 heterocycles. The lowest BCUT2D eigenvalue weighted by atomic mass is 10.3. The summed E-state index contributed by atoms with van der Waals surface area (Å²) in [6, 6.07) is 3.81. The number of benzene rings is 1. The number of hydrogen-bond acceptors (Lipinski definition) is 3. The highest BCUT2D eigenvalue weighted by Crippen LogP contribution is 2.16. The van der Waals surface area contributed by atoms with Crippen LogP contribution in [0.15, 0.2) is 18.2 Å². The fourth-order valence-corrected chi connectivity index (χ4v) is 1.87. The molecule has 0 spiro atoms. The summed E-state index contributed by atoms with van der Waals surface area (Å²) in [5.41, 5.74) is 0.0495. The summed E-state index contributed by atoms with van der Waals surface area (Å²) in [6.45, 7) is 0.285. The molecule has 90 valence electrons. The van der Waals surface area contributed by atoms with Crippen LogP contribution >= 0.6 is 0 Å². The molecule has 1 rings (SSSR count). The van der Waals surface area contributed by atoms with Crippen molar-refractivity contribution in [3.05, 3.63) is 29.8 Å². The molecule has 1 aromatic rings. The number of halogens is 2. The largest absolute Gasteiger partial charge is 0.383 e. The zero-order valence-corrected chi connectivity index (χ0v) is 9.65. The van der Waals surface area contributed by atoms with E-state index >= 15 is 0 Å². The van der Waals surface area contributed by atoms with Gasteiger partial charge in [-0.2, -0.15) is 0 Å². The monoisotopic (exact) mass is 249 g/mol. The Morgan fingerprint density at radius 1 is 1.31 bits per heavy atom. The SMILES string of the molecule is CS(=O)(=O)CCCNc1cccc(F)c1F. The van der Waals surface area contributed by atoms with Crippen molar-refractivity contribution in [2.75, 3.05) is 23.9 Å². The molecule has 0 aromatic heterocycles. The molecule has 0 saturated heterocycles. The van der Waals surface area contributed by atoms with Gasteiger partial charge in [0.2, 0.25) is 0 Å². The predicted molar refractivity (Wildman–Crippen MR) is 59.2 cm³/mol. The highest BCUT2D eigenvalue weighted by molar-refractivity contribution is 7.90. The second kappa shape index (κ2) is 5.25. The highest BCUT2D eigenvalue weighted by Gasteiger charge is 2.07. The Labute approximate surface area is 93.4 Å². The van der Waals surface area contributed by atoms with Gasteiger partial charge in [0.15, 0.2) is 11.6 Å². The minimum absolute atomic E-state index is 0.0247. The summed E-state index contributed by atoms with van der Waals surface area (Å²) in [7, 11) is -3.00. The summed E-state index contributed by atoms with van der Waals surface area (Å²) < 4.78 is 47.5. The van der Waals surface area contributed by atoms with Crippen LogP contribution in [0.2, 0.25) is 0 Å². The van der Waals surface area contributed by atoms with E-state index in [1.54, 1.807) is 0 Å². The molecule has 0 aliphatic heterocycles. The second-order valence-electron chi connectivity index (χ2n) is 3.51. The van der Waals surface area contributed by atoms with E-state index < -0.39 is 21.5 Å². The average molecular weight is 249 g/mol. The van der Waals surface area contributed by atoms with Crippen LogP contribution in [0, 0.1) is 11.6 Å². The Balaban J connectivity index is 2.47. The van der Waals surface area contributed by atoms with Gasteiger partial charge in [-0.1, -0.05) is 6.07 Å². The van der Waals surface area contributed by atoms with Crippen molar-refractivity contribution >= 4 is 15.5 Å². The first-order valence-corrected chi connectivity index (χ1v) is 6.82. The molecule has 0 saturated carbocycles. The maximum absolute atomic E-state index is 13.1. The minimum atomic E-state index is -3.00. The topological polar surface area (TPSA) is 46.2 Å². The third kappa shape index (κ3) is 4.14. The van der Waals surface area contributed by atoms with Crippen LogP contribution in [-0.4, -0.2) is 27.0 Å². The summed E-state index contributed by atoms with van der Waals surface area (Å²) >= 11 is 0. The Morgan fingerprint density at radius 3 is 2.62 bits per heavy atom. The molecule has 0 aliphatic carbocycles. The molecular weight excluding hydrogens is 236 g/mol. The van der Waals surface area contributed by atoms with Gasteiger partial charge in [0.05, 0.1) is 11.4 Å². The van der Waals surface area contributed by atoms with Crippen molar-refractivity contribution in [3.63, 3.8) is 0 Å². The molecular formula is C10H13F2NO2S. The van der Waals surface area contributed by atoms with Gasteiger partial charge in [0.25, 0.3) is 0 Å². The zero-order chi connectivity index (χ0) is 12.2. The maximum Gasteiger partial charge on any atom is 0.181 e. The summed E-state index contributed by atoms with van der Waals surface area (Å²) in [6.07, 6.45) is 1.49. The molecule has 3 nitrogen and oxygen atoms in total. The van der Waals surface area contributed by atoms with Crippen molar-refractivity contribution < 1.29 is 17.2 Å². The van der Waals surface area contributed by atoms with Gasteiger partial charge >= 0.3 is 0 Å². The molecule has 0 unspecified atom stereocenters. The first kappa shape index (κ1) is 12.9. The molecule has 0 atom stereocenters. The summed E-state index contributed by atoms with van der Waals surface area (Å²) in [4.78, 5) is 0. The van der Waals surface area contributed by atoms with E-state index in [9.17, 15) is 17.2 Å². The van der Waals surface area contributed by atoms with Crippen LogP contribution in [-0.2, 0) is 9.84 Å². The van der Waals surface area contributed by atoms with E-state index in [4.69, 9.17) is 0 Å². The third-order valence-electron chi connectivity index (χ3n) is 1.96. The zero-order valence-electron chi connectivity index (χ0n) is 8.83. The number of rotatable bonds is 5. The number of nitrogens with one attached hydrogen (secondary N) is 1. The van der Waals surface area contributed by atoms with Crippen molar-refractivity contribution in [2.24, 2.45) is 0 Å². The van der Waals surface area contributed by atoms with Gasteiger partial charge in [0.1, 0.15) is 9.84 Å². The van der Waals surface area contributed by atoms with Gasteiger partial charge in [-0.15, -0.1) is 0 Å². The van der Waals surface area contributed by atoms with Gasteiger partial charge in [0, 0.05) is 12.8 Å². The fraction of sp³-hybridized carbons (Fsp3) is 0.400. The standard InChI is InChI=1S/C10H13F2NO2S/c1-16(14,15)7-3-6-13-9-5-2-4-8(11)10(9)12/h2,4-5,13H,3,6-7H2,1H3. The van der Waals surface area contributed by atoms with Gasteiger partial charge in [-0.3, -0.25) is 0 Å². The Kier molecular flexibility index (Phi) is 4.23. The highest BCUT2D eigenvalue weighted by atomic mass is 32.2. The van der Waals surface area contributed by atoms with Crippen LogP contribution in [0.25, 0.3) is 0 Å². The lowest BCUT2D eigenvalue weighted by Crippen LogP contribution is -2.10. The Bertz CT molecular complexity index is 460. The molecule has 1 N–H and O–H groups in total. The van der Waals surface area contributed by atoms with Gasteiger partial charge in [-0.25, -0.2) is 17.2 Å². The lowest BCUT2D eigenvalue weighted by Gasteiger charge is -2.07. The summed E-state index contributed by atoms with van der Waals surface area (Å²) in [5, 5.41) is 2.65. The quantitative estimate of drug-likeness (QED) is 0.809. The smallest absolute Gasteiger partial charge is 0.181 e. The normalized spacial score (nSPS) is 11.4. The molecule has 0 radical (unpaired) electrons. The summed E-state index contributed by atoms with van der Waals surface area (Å²) in [5.74, 6) is -1.84. The fourth-order valence-electron chi connectivity index (χ4n) is 1.20. The van der Waals surface area contributed by atoms with Crippen LogP contribution in [0.5, 0.6) is 0 Å². The Hall–Kier alpha value is -1.17. The van der Waals surface area contributed by atoms with E-state index in [2.05, 4.69) is 5.32 Å². The van der Waals surface area contributed by atoms with E-state index in [1.807, 2.05) is 0 Å². The van der Waals surface area contributed by atoms with Crippen LogP contribution in [0.4, 0.5) is 14.5 Å². The lowest BCUT2D eigenvalue weighted by molar-refractivity contribution is 0.511. The molecule has 0 bridgehead atoms. The molecule has 0 fully saturated rings. The third-order valence-corrected chi connectivity index (χ3v) is 2.99. The second-order valence-corrected chi connectivity index (χ2v) is 5.77. The van der Waals surface area contributed by atoms with E-state index in [0.717, 1.165) is 12.3 Å². The molecule has 1 aromatic carbocycles. The first-order chi connectivity index (χ1) is 7.40. The molecule has 16 heavy (non-hydrogen) atoms. The van der Waals surface area contributed by atoms with Crippen LogP contribution in [0.1, 0.15) is 6.42 Å². The van der Waals surface area contributed by atoms with Crippen molar-refractivity contribution in [3.8, 4) is 0 Å². The van der Waals surface area contributed by atoms with E-state index in [0.29, 0.717) is 6.42 Å². The molecule has 0 amide bonds. The maximum atomic E-state index is 13.1. The Morgan fingerprint density at radius 2 is 2.00 bits per heavy atom. The van der Waals surface area contributed by atoms with E-state index in [-0.39, 0.29) is 18.0 Å². The van der Waals surface area contributed by atoms with Crippen LogP contribution in [0.3, 0.4) is 0 Å². The molecule has 0 aliphatic rings. The van der Waals surface area contributed by atoms with Crippen molar-refractivity contribution in [1.29, 1.82) is 0 Å². The number of anilines is 1. The van der Waals surface area contributed by atoms with Gasteiger partial charge < -0.3 is 5.32 Å². The van der Waals surface area contributed by atoms with Crippen molar-refractivity contribution in [1.82, 2.24) is 0 Å². The predicted octanol–water partition coefficient (Wildman–Crippen LogP) is 1.81.